The van der Waals surface area contributed by atoms with Crippen LogP contribution in [0.2, 0.25) is 0 Å². The number of hydrogen-bond donors (Lipinski definition) is 1. The molecule has 0 saturated carbocycles. The van der Waals surface area contributed by atoms with E-state index < -0.39 is 0 Å². The number of likely N-dealkylation sites (tertiary alicyclic amines) is 1. The zero-order valence-electron chi connectivity index (χ0n) is 18.4. The van der Waals surface area contributed by atoms with Crippen LogP contribution in [0.3, 0.4) is 0 Å². The number of piperidine rings is 1. The van der Waals surface area contributed by atoms with Gasteiger partial charge in [0.1, 0.15) is 11.6 Å². The van der Waals surface area contributed by atoms with Gasteiger partial charge in [-0.1, -0.05) is 38.1 Å². The fourth-order valence-corrected chi connectivity index (χ4v) is 4.56. The SMILES string of the molecule is CCN(CC)CCC(=O)N1CC[C@@H](N)[C@@H](C(c2ccc(F)cc2)c2ccc(F)cc2)C1. The van der Waals surface area contributed by atoms with Crippen molar-refractivity contribution in [1.29, 1.82) is 0 Å². The van der Waals surface area contributed by atoms with Crippen LogP contribution < -0.4 is 5.73 Å². The minimum atomic E-state index is -0.303. The van der Waals surface area contributed by atoms with Crippen molar-refractivity contribution in [2.45, 2.75) is 38.6 Å². The maximum Gasteiger partial charge on any atom is 0.223 e. The van der Waals surface area contributed by atoms with Crippen LogP contribution in [0, 0.1) is 17.6 Å². The van der Waals surface area contributed by atoms with E-state index in [1.54, 1.807) is 24.3 Å². The maximum absolute atomic E-state index is 13.6. The summed E-state index contributed by atoms with van der Waals surface area (Å²) in [7, 11) is 0. The second kappa shape index (κ2) is 10.8. The van der Waals surface area contributed by atoms with Gasteiger partial charge in [-0.15, -0.1) is 0 Å². The Bertz CT molecular complexity index is 791. The fourth-order valence-electron chi connectivity index (χ4n) is 4.56. The molecular formula is C25H33F2N3O. The number of benzene rings is 2. The van der Waals surface area contributed by atoms with Gasteiger partial charge in [0, 0.05) is 43.9 Å². The number of nitrogens with two attached hydrogens (primary N) is 1. The van der Waals surface area contributed by atoms with Crippen LogP contribution in [0.5, 0.6) is 0 Å². The average Bonchev–Trinajstić information content (AvgIpc) is 2.78. The topological polar surface area (TPSA) is 49.6 Å². The third kappa shape index (κ3) is 5.89. The van der Waals surface area contributed by atoms with Crippen molar-refractivity contribution in [1.82, 2.24) is 9.80 Å². The second-order valence-corrected chi connectivity index (χ2v) is 8.31. The van der Waals surface area contributed by atoms with Gasteiger partial charge in [-0.2, -0.15) is 0 Å². The Morgan fingerprint density at radius 1 is 1.03 bits per heavy atom. The Morgan fingerprint density at radius 3 is 2.03 bits per heavy atom. The number of halogens is 2. The van der Waals surface area contributed by atoms with E-state index in [1.165, 1.54) is 24.3 Å². The molecule has 1 aliphatic heterocycles. The van der Waals surface area contributed by atoms with E-state index in [9.17, 15) is 13.6 Å². The Kier molecular flexibility index (Phi) is 8.15. The number of rotatable bonds is 8. The predicted octanol–water partition coefficient (Wildman–Crippen LogP) is 4.00. The molecular weight excluding hydrogens is 396 g/mol. The molecule has 0 aromatic heterocycles. The van der Waals surface area contributed by atoms with E-state index >= 15 is 0 Å². The Balaban J connectivity index is 1.84. The molecule has 168 valence electrons. The first-order valence-corrected chi connectivity index (χ1v) is 11.2. The molecule has 6 heteroatoms. The molecule has 0 spiro atoms. The first-order valence-electron chi connectivity index (χ1n) is 11.2. The monoisotopic (exact) mass is 429 g/mol. The van der Waals surface area contributed by atoms with E-state index in [2.05, 4.69) is 18.7 Å². The number of amides is 1. The molecule has 4 nitrogen and oxygen atoms in total. The summed E-state index contributed by atoms with van der Waals surface area (Å²) < 4.78 is 27.1. The van der Waals surface area contributed by atoms with Crippen molar-refractivity contribution >= 4 is 5.91 Å². The molecule has 0 bridgehead atoms. The quantitative estimate of drug-likeness (QED) is 0.690. The molecule has 1 aliphatic rings. The minimum Gasteiger partial charge on any atom is -0.342 e. The van der Waals surface area contributed by atoms with Gasteiger partial charge >= 0.3 is 0 Å². The van der Waals surface area contributed by atoms with Gasteiger partial charge in [-0.05, 0) is 54.9 Å². The highest BCUT2D eigenvalue weighted by atomic mass is 19.1. The molecule has 2 N–H and O–H groups in total. The van der Waals surface area contributed by atoms with Crippen LogP contribution in [0.25, 0.3) is 0 Å². The number of nitrogens with zero attached hydrogens (tertiary/aromatic N) is 2. The Hall–Kier alpha value is -2.31. The Morgan fingerprint density at radius 2 is 1.55 bits per heavy atom. The third-order valence-electron chi connectivity index (χ3n) is 6.49. The highest BCUT2D eigenvalue weighted by Gasteiger charge is 2.36. The summed E-state index contributed by atoms with van der Waals surface area (Å²) >= 11 is 0. The normalized spacial score (nSPS) is 19.3. The van der Waals surface area contributed by atoms with Crippen molar-refractivity contribution in [3.05, 3.63) is 71.3 Å². The molecule has 2 aromatic carbocycles. The van der Waals surface area contributed by atoms with E-state index in [0.29, 0.717) is 25.9 Å². The summed E-state index contributed by atoms with van der Waals surface area (Å²) in [5, 5.41) is 0. The minimum absolute atomic E-state index is 0.0397. The van der Waals surface area contributed by atoms with Crippen molar-refractivity contribution in [2.75, 3.05) is 32.7 Å². The van der Waals surface area contributed by atoms with E-state index in [-0.39, 0.29) is 35.4 Å². The fraction of sp³-hybridized carbons (Fsp3) is 0.480. The zero-order chi connectivity index (χ0) is 22.4. The van der Waals surface area contributed by atoms with Gasteiger partial charge in [-0.25, -0.2) is 8.78 Å². The van der Waals surface area contributed by atoms with Crippen LogP contribution >= 0.6 is 0 Å². The van der Waals surface area contributed by atoms with E-state index in [4.69, 9.17) is 5.73 Å². The summed E-state index contributed by atoms with van der Waals surface area (Å²) in [6.45, 7) is 7.98. The molecule has 31 heavy (non-hydrogen) atoms. The van der Waals surface area contributed by atoms with Crippen LogP contribution in [-0.2, 0) is 4.79 Å². The zero-order valence-corrected chi connectivity index (χ0v) is 18.4. The summed E-state index contributed by atoms with van der Waals surface area (Å²) in [6, 6.07) is 12.7. The van der Waals surface area contributed by atoms with E-state index in [1.807, 2.05) is 4.90 Å². The lowest BCUT2D eigenvalue weighted by Gasteiger charge is -2.41. The lowest BCUT2D eigenvalue weighted by atomic mass is 9.74. The molecule has 3 rings (SSSR count). The Labute approximate surface area is 184 Å². The summed E-state index contributed by atoms with van der Waals surface area (Å²) in [4.78, 5) is 17.1. The summed E-state index contributed by atoms with van der Waals surface area (Å²) in [5.74, 6) is -0.650. The number of hydrogen-bond acceptors (Lipinski definition) is 3. The first kappa shape index (κ1) is 23.4. The first-order chi connectivity index (χ1) is 14.9. The summed E-state index contributed by atoms with van der Waals surface area (Å²) in [6.07, 6.45) is 1.20. The highest BCUT2D eigenvalue weighted by molar-refractivity contribution is 5.76. The smallest absolute Gasteiger partial charge is 0.223 e. The van der Waals surface area contributed by atoms with Gasteiger partial charge < -0.3 is 15.5 Å². The molecule has 0 aliphatic carbocycles. The van der Waals surface area contributed by atoms with Gasteiger partial charge in [0.05, 0.1) is 0 Å². The van der Waals surface area contributed by atoms with Crippen LogP contribution in [-0.4, -0.2) is 54.5 Å². The molecule has 0 unspecified atom stereocenters. The van der Waals surface area contributed by atoms with Crippen molar-refractivity contribution in [3.8, 4) is 0 Å². The molecule has 2 atom stereocenters. The van der Waals surface area contributed by atoms with Gasteiger partial charge in [0.25, 0.3) is 0 Å². The molecule has 2 aromatic rings. The van der Waals surface area contributed by atoms with Crippen LogP contribution in [0.1, 0.15) is 43.7 Å². The lowest BCUT2D eigenvalue weighted by molar-refractivity contribution is -0.133. The van der Waals surface area contributed by atoms with Crippen molar-refractivity contribution in [2.24, 2.45) is 11.7 Å². The van der Waals surface area contributed by atoms with Gasteiger partial charge in [0.15, 0.2) is 0 Å². The van der Waals surface area contributed by atoms with E-state index in [0.717, 1.165) is 30.8 Å². The highest BCUT2D eigenvalue weighted by Crippen LogP contribution is 2.37. The molecule has 0 radical (unpaired) electrons. The molecule has 1 saturated heterocycles. The lowest BCUT2D eigenvalue weighted by Crippen LogP contribution is -2.51. The standard InChI is InChI=1S/C25H33F2N3O/c1-3-29(4-2)15-14-24(31)30-16-13-23(28)22(17-30)25(18-5-9-20(26)10-6-18)19-7-11-21(27)12-8-19/h5-12,22-23,25H,3-4,13-17,28H2,1-2H3/t22-,23+/m0/s1. The van der Waals surface area contributed by atoms with Crippen LogP contribution in [0.15, 0.2) is 48.5 Å². The van der Waals surface area contributed by atoms with Crippen molar-refractivity contribution < 1.29 is 13.6 Å². The molecule has 1 fully saturated rings. The molecule has 1 amide bonds. The van der Waals surface area contributed by atoms with Crippen molar-refractivity contribution in [3.63, 3.8) is 0 Å². The van der Waals surface area contributed by atoms with Crippen LogP contribution in [0.4, 0.5) is 8.78 Å². The second-order valence-electron chi connectivity index (χ2n) is 8.31. The average molecular weight is 430 g/mol. The van der Waals surface area contributed by atoms with Gasteiger partial charge in [0.2, 0.25) is 5.91 Å². The molecule has 1 heterocycles. The van der Waals surface area contributed by atoms with Gasteiger partial charge in [-0.3, -0.25) is 4.79 Å². The number of carbonyl (C=O) groups excluding carboxylic acids is 1. The summed E-state index contributed by atoms with van der Waals surface area (Å²) in [5.41, 5.74) is 8.39. The third-order valence-corrected chi connectivity index (χ3v) is 6.49. The predicted molar refractivity (Wildman–Crippen MR) is 120 cm³/mol. The number of carbonyl (C=O) groups is 1. The largest absolute Gasteiger partial charge is 0.342 e. The maximum atomic E-state index is 13.6.